The summed E-state index contributed by atoms with van der Waals surface area (Å²) in [4.78, 5) is 23.0. The minimum Gasteiger partial charge on any atom is -0.468 e. The minimum atomic E-state index is -3.97. The maximum absolute atomic E-state index is 12.4. The third kappa shape index (κ3) is 6.03. The van der Waals surface area contributed by atoms with Gasteiger partial charge in [-0.3, -0.25) is 9.59 Å². The molecule has 0 aliphatic rings. The van der Waals surface area contributed by atoms with Gasteiger partial charge in [0, 0.05) is 5.56 Å². The summed E-state index contributed by atoms with van der Waals surface area (Å²) < 4.78 is 37.2. The topological polar surface area (TPSA) is 98.8 Å². The number of Topliss-reactive ketones (excluding diaryl/α,β-unsaturated/α-hetero) is 1. The number of hydrogen-bond acceptors (Lipinski definition) is 6. The fourth-order valence-electron chi connectivity index (χ4n) is 1.75. The molecule has 0 fully saturated rings. The van der Waals surface area contributed by atoms with Gasteiger partial charge in [0.2, 0.25) is 10.0 Å². The highest BCUT2D eigenvalue weighted by molar-refractivity contribution is 7.89. The average Bonchev–Trinajstić information content (AvgIpc) is 2.49. The van der Waals surface area contributed by atoms with Crippen molar-refractivity contribution in [3.05, 3.63) is 29.8 Å². The number of sulfonamides is 1. The Labute approximate surface area is 142 Å². The van der Waals surface area contributed by atoms with Crippen LogP contribution in [0.4, 0.5) is 0 Å². The van der Waals surface area contributed by atoms with Crippen LogP contribution >= 0.6 is 0 Å². The van der Waals surface area contributed by atoms with Crippen molar-refractivity contribution in [3.8, 4) is 0 Å². The van der Waals surface area contributed by atoms with Crippen molar-refractivity contribution in [2.24, 2.45) is 0 Å². The van der Waals surface area contributed by atoms with E-state index >= 15 is 0 Å². The van der Waals surface area contributed by atoms with Crippen LogP contribution in [0.3, 0.4) is 0 Å². The van der Waals surface area contributed by atoms with Crippen molar-refractivity contribution < 1.29 is 27.5 Å². The van der Waals surface area contributed by atoms with Crippen LogP contribution in [0.1, 0.15) is 38.1 Å². The van der Waals surface area contributed by atoms with Crippen molar-refractivity contribution in [2.45, 2.75) is 44.2 Å². The molecule has 134 valence electrons. The van der Waals surface area contributed by atoms with E-state index in [4.69, 9.17) is 4.74 Å². The van der Waals surface area contributed by atoms with Gasteiger partial charge >= 0.3 is 5.97 Å². The van der Waals surface area contributed by atoms with Crippen molar-refractivity contribution in [2.75, 3.05) is 13.7 Å². The van der Waals surface area contributed by atoms with Gasteiger partial charge in [0.1, 0.15) is 6.04 Å². The Kier molecular flexibility index (Phi) is 6.65. The summed E-state index contributed by atoms with van der Waals surface area (Å²) >= 11 is 0. The van der Waals surface area contributed by atoms with Gasteiger partial charge in [-0.1, -0.05) is 12.1 Å². The van der Waals surface area contributed by atoms with Crippen LogP contribution in [0.5, 0.6) is 0 Å². The van der Waals surface area contributed by atoms with Crippen LogP contribution in [0.25, 0.3) is 0 Å². The lowest BCUT2D eigenvalue weighted by Gasteiger charge is -2.23. The van der Waals surface area contributed by atoms with Crippen LogP contribution in [0, 0.1) is 0 Å². The number of rotatable bonds is 7. The fraction of sp³-hybridized carbons (Fsp3) is 0.500. The fourth-order valence-corrected chi connectivity index (χ4v) is 2.92. The monoisotopic (exact) mass is 357 g/mol. The second kappa shape index (κ2) is 7.87. The Hall–Kier alpha value is -1.77. The van der Waals surface area contributed by atoms with Crippen LogP contribution in [-0.4, -0.2) is 45.5 Å². The van der Waals surface area contributed by atoms with E-state index in [1.54, 1.807) is 20.8 Å². The van der Waals surface area contributed by atoms with Crippen molar-refractivity contribution >= 4 is 21.8 Å². The lowest BCUT2D eigenvalue weighted by molar-refractivity contribution is -0.145. The third-order valence-corrected chi connectivity index (χ3v) is 4.52. The van der Waals surface area contributed by atoms with E-state index in [2.05, 4.69) is 9.46 Å². The zero-order chi connectivity index (χ0) is 18.5. The Balaban J connectivity index is 2.97. The van der Waals surface area contributed by atoms with E-state index in [0.717, 1.165) is 0 Å². The minimum absolute atomic E-state index is 0.0582. The number of ether oxygens (including phenoxy) is 2. The van der Waals surface area contributed by atoms with Gasteiger partial charge in [-0.05, 0) is 39.8 Å². The highest BCUT2D eigenvalue weighted by Crippen LogP contribution is 2.13. The number of carbonyl (C=O) groups excluding carboxylic acids is 2. The molecule has 8 heteroatoms. The first-order valence-electron chi connectivity index (χ1n) is 7.31. The molecule has 1 atom stereocenters. The van der Waals surface area contributed by atoms with Crippen molar-refractivity contribution in [1.82, 2.24) is 4.72 Å². The molecule has 1 N–H and O–H groups in total. The molecule has 0 radical (unpaired) electrons. The molecule has 0 spiro atoms. The Morgan fingerprint density at radius 1 is 1.17 bits per heavy atom. The van der Waals surface area contributed by atoms with Crippen LogP contribution in [-0.2, 0) is 24.3 Å². The number of nitrogens with one attached hydrogen (secondary N) is 1. The summed E-state index contributed by atoms with van der Waals surface area (Å²) in [5.74, 6) is -0.916. The predicted octanol–water partition coefficient (Wildman–Crippen LogP) is 1.52. The maximum Gasteiger partial charge on any atom is 0.326 e. The second-order valence-electron chi connectivity index (χ2n) is 6.20. The summed E-state index contributed by atoms with van der Waals surface area (Å²) in [6.45, 7) is 6.59. The van der Waals surface area contributed by atoms with Crippen LogP contribution in [0.15, 0.2) is 29.2 Å². The van der Waals surface area contributed by atoms with E-state index < -0.39 is 27.6 Å². The first-order valence-corrected chi connectivity index (χ1v) is 8.80. The van der Waals surface area contributed by atoms with E-state index in [0.29, 0.717) is 5.56 Å². The molecular formula is C16H23NO6S. The SMILES string of the molecule is COC(=O)[C@H](COC(C)(C)C)NS(=O)(=O)c1ccc(C(C)=O)cc1. The number of benzene rings is 1. The molecule has 7 nitrogen and oxygen atoms in total. The van der Waals surface area contributed by atoms with Gasteiger partial charge in [-0.2, -0.15) is 4.72 Å². The number of esters is 1. The molecule has 0 saturated carbocycles. The van der Waals surface area contributed by atoms with E-state index in [1.807, 2.05) is 0 Å². The molecule has 0 unspecified atom stereocenters. The molecular weight excluding hydrogens is 334 g/mol. The van der Waals surface area contributed by atoms with Gasteiger partial charge in [-0.25, -0.2) is 8.42 Å². The lowest BCUT2D eigenvalue weighted by atomic mass is 10.2. The Morgan fingerprint density at radius 2 is 1.71 bits per heavy atom. The summed E-state index contributed by atoms with van der Waals surface area (Å²) in [5.41, 5.74) is -0.143. The normalized spacial score (nSPS) is 13.4. The summed E-state index contributed by atoms with van der Waals surface area (Å²) in [5, 5.41) is 0. The van der Waals surface area contributed by atoms with Gasteiger partial charge in [0.15, 0.2) is 5.78 Å². The van der Waals surface area contributed by atoms with E-state index in [1.165, 1.54) is 38.3 Å². The van der Waals surface area contributed by atoms with Gasteiger partial charge in [0.05, 0.1) is 24.2 Å². The molecule has 1 aromatic rings. The van der Waals surface area contributed by atoms with Gasteiger partial charge < -0.3 is 9.47 Å². The van der Waals surface area contributed by atoms with Crippen molar-refractivity contribution in [1.29, 1.82) is 0 Å². The molecule has 0 bridgehead atoms. The lowest BCUT2D eigenvalue weighted by Crippen LogP contribution is -2.46. The van der Waals surface area contributed by atoms with E-state index in [9.17, 15) is 18.0 Å². The van der Waals surface area contributed by atoms with Gasteiger partial charge in [-0.15, -0.1) is 0 Å². The molecule has 1 aromatic carbocycles. The van der Waals surface area contributed by atoms with E-state index in [-0.39, 0.29) is 17.3 Å². The number of hydrogen-bond donors (Lipinski definition) is 1. The molecule has 0 aromatic heterocycles. The first kappa shape index (κ1) is 20.3. The molecule has 0 aliphatic carbocycles. The molecule has 0 saturated heterocycles. The number of carbonyl (C=O) groups is 2. The Bertz CT molecular complexity index is 688. The molecule has 0 amide bonds. The Morgan fingerprint density at radius 3 is 2.12 bits per heavy atom. The molecule has 0 heterocycles. The smallest absolute Gasteiger partial charge is 0.326 e. The zero-order valence-corrected chi connectivity index (χ0v) is 15.3. The van der Waals surface area contributed by atoms with Crippen LogP contribution < -0.4 is 4.72 Å². The molecule has 24 heavy (non-hydrogen) atoms. The summed E-state index contributed by atoms with van der Waals surface area (Å²) in [6.07, 6.45) is 0. The molecule has 1 rings (SSSR count). The zero-order valence-electron chi connectivity index (χ0n) is 14.5. The first-order chi connectivity index (χ1) is 11.0. The largest absolute Gasteiger partial charge is 0.468 e. The highest BCUT2D eigenvalue weighted by Gasteiger charge is 2.28. The van der Waals surface area contributed by atoms with Gasteiger partial charge in [0.25, 0.3) is 0 Å². The summed E-state index contributed by atoms with van der Waals surface area (Å²) in [6, 6.07) is 4.26. The van der Waals surface area contributed by atoms with Crippen molar-refractivity contribution in [3.63, 3.8) is 0 Å². The predicted molar refractivity (Wildman–Crippen MR) is 88.3 cm³/mol. The second-order valence-corrected chi connectivity index (χ2v) is 7.91. The average molecular weight is 357 g/mol. The van der Waals surface area contributed by atoms with Crippen LogP contribution in [0.2, 0.25) is 0 Å². The quantitative estimate of drug-likeness (QED) is 0.587. The highest BCUT2D eigenvalue weighted by atomic mass is 32.2. The summed E-state index contributed by atoms with van der Waals surface area (Å²) in [7, 11) is -2.80. The number of methoxy groups -OCH3 is 1. The standard InChI is InChI=1S/C16H23NO6S/c1-11(18)12-6-8-13(9-7-12)24(20,21)17-14(15(19)22-5)10-23-16(2,3)4/h6-9,14,17H,10H2,1-5H3/t14-/m0/s1. The maximum atomic E-state index is 12.4. The third-order valence-electron chi connectivity index (χ3n) is 3.04. The number of ketones is 1. The molecule has 0 aliphatic heterocycles.